The number of hydrogen-bond donors (Lipinski definition) is 2. The summed E-state index contributed by atoms with van der Waals surface area (Å²) in [5, 5.41) is 4.26. The van der Waals surface area contributed by atoms with Crippen molar-refractivity contribution in [3.05, 3.63) is 74.7 Å². The average molecular weight is 389 g/mol. The van der Waals surface area contributed by atoms with Crippen LogP contribution in [0.15, 0.2) is 52.3 Å². The van der Waals surface area contributed by atoms with E-state index in [1.165, 1.54) is 0 Å². The molecule has 0 aliphatic heterocycles. The van der Waals surface area contributed by atoms with Gasteiger partial charge in [0.05, 0.1) is 24.9 Å². The van der Waals surface area contributed by atoms with Crippen LogP contribution < -0.4 is 16.0 Å². The molecule has 3 aromatic heterocycles. The molecule has 1 aromatic carbocycles. The van der Waals surface area contributed by atoms with Crippen LogP contribution in [0.4, 0.5) is 0 Å². The first-order valence-corrected chi connectivity index (χ1v) is 9.44. The minimum absolute atomic E-state index is 0.258. The Morgan fingerprint density at radius 2 is 2.07 bits per heavy atom. The van der Waals surface area contributed by atoms with E-state index in [1.54, 1.807) is 13.3 Å². The number of benzene rings is 1. The highest BCUT2D eigenvalue weighted by molar-refractivity contribution is 5.82. The summed E-state index contributed by atoms with van der Waals surface area (Å²) in [6.07, 6.45) is 5.71. The molecule has 1 aliphatic carbocycles. The third-order valence-corrected chi connectivity index (χ3v) is 5.22. The second-order valence-electron chi connectivity index (χ2n) is 7.23. The van der Waals surface area contributed by atoms with E-state index in [0.29, 0.717) is 23.7 Å². The number of ether oxygens (including phenoxy) is 1. The minimum Gasteiger partial charge on any atom is -0.496 e. The van der Waals surface area contributed by atoms with Crippen molar-refractivity contribution < 1.29 is 4.74 Å². The van der Waals surface area contributed by atoms with E-state index in [-0.39, 0.29) is 5.52 Å². The molecule has 1 aliphatic rings. The van der Waals surface area contributed by atoms with E-state index in [9.17, 15) is 9.59 Å². The van der Waals surface area contributed by atoms with Crippen LogP contribution in [-0.2, 0) is 6.54 Å². The van der Waals surface area contributed by atoms with Crippen molar-refractivity contribution in [1.29, 1.82) is 0 Å². The summed E-state index contributed by atoms with van der Waals surface area (Å²) in [5.41, 5.74) is 3.31. The Morgan fingerprint density at radius 1 is 1.21 bits per heavy atom. The van der Waals surface area contributed by atoms with Gasteiger partial charge in [0.2, 0.25) is 0 Å². The molecule has 0 unspecified atom stereocenters. The summed E-state index contributed by atoms with van der Waals surface area (Å²) in [6.45, 7) is 0.557. The van der Waals surface area contributed by atoms with Gasteiger partial charge in [-0.2, -0.15) is 5.10 Å². The van der Waals surface area contributed by atoms with Gasteiger partial charge in [0.15, 0.2) is 5.52 Å². The molecule has 3 heterocycles. The van der Waals surface area contributed by atoms with Crippen molar-refractivity contribution in [3.63, 3.8) is 0 Å². The Balaban J connectivity index is 1.67. The van der Waals surface area contributed by atoms with Gasteiger partial charge in [0, 0.05) is 23.5 Å². The minimum atomic E-state index is -0.509. The first kappa shape index (κ1) is 17.4. The van der Waals surface area contributed by atoms with Gasteiger partial charge in [0.1, 0.15) is 5.75 Å². The quantitative estimate of drug-likeness (QED) is 0.545. The van der Waals surface area contributed by atoms with Crippen LogP contribution in [0.5, 0.6) is 5.75 Å². The summed E-state index contributed by atoms with van der Waals surface area (Å²) in [7, 11) is 1.64. The van der Waals surface area contributed by atoms with Gasteiger partial charge in [-0.05, 0) is 54.7 Å². The maximum atomic E-state index is 12.4. The standard InChI is InChI=1S/C21H19N5O3/c1-29-17-6-5-13(9-14(17)11-26-8-2-7-22-26)16-10-15(12-3-4-12)18-19(23-16)20(27)25-21(28)24-18/h2,5-10,12H,3-4,11H2,1H3,(H2,24,25,27,28). The third kappa shape index (κ3) is 3.22. The summed E-state index contributed by atoms with van der Waals surface area (Å²) in [5.74, 6) is 1.10. The fourth-order valence-electron chi connectivity index (χ4n) is 3.66. The summed E-state index contributed by atoms with van der Waals surface area (Å²) in [6, 6.07) is 9.68. The van der Waals surface area contributed by atoms with E-state index in [4.69, 9.17) is 4.74 Å². The number of aromatic amines is 2. The second-order valence-corrected chi connectivity index (χ2v) is 7.23. The topological polar surface area (TPSA) is 106 Å². The molecule has 0 atom stereocenters. The number of nitrogens with one attached hydrogen (secondary N) is 2. The molecule has 0 spiro atoms. The first-order valence-electron chi connectivity index (χ1n) is 9.44. The molecule has 5 rings (SSSR count). The van der Waals surface area contributed by atoms with Crippen molar-refractivity contribution in [2.24, 2.45) is 0 Å². The van der Waals surface area contributed by atoms with E-state index < -0.39 is 11.2 Å². The number of fused-ring (bicyclic) bond motifs is 1. The fraction of sp³-hybridized carbons (Fsp3) is 0.238. The lowest BCUT2D eigenvalue weighted by molar-refractivity contribution is 0.407. The van der Waals surface area contributed by atoms with Gasteiger partial charge in [-0.15, -0.1) is 0 Å². The highest BCUT2D eigenvalue weighted by Crippen LogP contribution is 2.43. The summed E-state index contributed by atoms with van der Waals surface area (Å²) < 4.78 is 7.32. The molecule has 1 fully saturated rings. The molecule has 1 saturated carbocycles. The smallest absolute Gasteiger partial charge is 0.326 e. The molecule has 8 nitrogen and oxygen atoms in total. The van der Waals surface area contributed by atoms with Crippen LogP contribution in [-0.4, -0.2) is 31.8 Å². The van der Waals surface area contributed by atoms with Crippen LogP contribution >= 0.6 is 0 Å². The van der Waals surface area contributed by atoms with E-state index in [1.807, 2.05) is 41.2 Å². The number of H-pyrrole nitrogens is 2. The zero-order valence-corrected chi connectivity index (χ0v) is 15.8. The maximum absolute atomic E-state index is 12.4. The Kier molecular flexibility index (Phi) is 4.04. The molecule has 146 valence electrons. The predicted molar refractivity (Wildman–Crippen MR) is 108 cm³/mol. The summed E-state index contributed by atoms with van der Waals surface area (Å²) >= 11 is 0. The third-order valence-electron chi connectivity index (χ3n) is 5.22. The second kappa shape index (κ2) is 6.73. The molecule has 8 heteroatoms. The van der Waals surface area contributed by atoms with Crippen LogP contribution in [0, 0.1) is 0 Å². The predicted octanol–water partition coefficient (Wildman–Crippen LogP) is 2.41. The lowest BCUT2D eigenvalue weighted by Crippen LogP contribution is -2.23. The highest BCUT2D eigenvalue weighted by atomic mass is 16.5. The molecule has 0 bridgehead atoms. The van der Waals surface area contributed by atoms with Gasteiger partial charge in [-0.1, -0.05) is 0 Å². The van der Waals surface area contributed by atoms with Gasteiger partial charge in [-0.25, -0.2) is 9.78 Å². The molecular formula is C21H19N5O3. The van der Waals surface area contributed by atoms with Crippen LogP contribution in [0.2, 0.25) is 0 Å². The van der Waals surface area contributed by atoms with Crippen LogP contribution in [0.1, 0.15) is 29.9 Å². The highest BCUT2D eigenvalue weighted by Gasteiger charge is 2.27. The maximum Gasteiger partial charge on any atom is 0.326 e. The van der Waals surface area contributed by atoms with Gasteiger partial charge in [-0.3, -0.25) is 14.5 Å². The van der Waals surface area contributed by atoms with E-state index in [2.05, 4.69) is 20.1 Å². The number of aromatic nitrogens is 5. The van der Waals surface area contributed by atoms with Crippen molar-refractivity contribution in [2.45, 2.75) is 25.3 Å². The Hall–Kier alpha value is -3.68. The Morgan fingerprint density at radius 3 is 2.79 bits per heavy atom. The number of nitrogens with zero attached hydrogens (tertiary/aromatic N) is 3. The SMILES string of the molecule is COc1ccc(-c2cc(C3CC3)c3[nH]c(=O)[nH]c(=O)c3n2)cc1Cn1cccn1. The van der Waals surface area contributed by atoms with Gasteiger partial charge >= 0.3 is 5.69 Å². The van der Waals surface area contributed by atoms with Crippen molar-refractivity contribution in [3.8, 4) is 17.0 Å². The number of hydrogen-bond acceptors (Lipinski definition) is 5. The van der Waals surface area contributed by atoms with Crippen molar-refractivity contribution >= 4 is 11.0 Å². The Bertz CT molecular complexity index is 1320. The number of pyridine rings is 1. The average Bonchev–Trinajstić information content (AvgIpc) is 3.44. The lowest BCUT2D eigenvalue weighted by atomic mass is 10.0. The molecule has 0 radical (unpaired) electrons. The van der Waals surface area contributed by atoms with Crippen molar-refractivity contribution in [2.75, 3.05) is 7.11 Å². The van der Waals surface area contributed by atoms with E-state index in [0.717, 1.165) is 35.3 Å². The number of rotatable bonds is 5. The molecule has 0 amide bonds. The van der Waals surface area contributed by atoms with Crippen LogP contribution in [0.25, 0.3) is 22.3 Å². The molecule has 4 aromatic rings. The van der Waals surface area contributed by atoms with Gasteiger partial charge < -0.3 is 9.72 Å². The van der Waals surface area contributed by atoms with Crippen molar-refractivity contribution in [1.82, 2.24) is 24.7 Å². The molecular weight excluding hydrogens is 370 g/mol. The van der Waals surface area contributed by atoms with Crippen LogP contribution in [0.3, 0.4) is 0 Å². The zero-order valence-electron chi connectivity index (χ0n) is 15.8. The largest absolute Gasteiger partial charge is 0.496 e. The van der Waals surface area contributed by atoms with Gasteiger partial charge in [0.25, 0.3) is 5.56 Å². The fourth-order valence-corrected chi connectivity index (χ4v) is 3.66. The first-order chi connectivity index (χ1) is 14.1. The normalized spacial score (nSPS) is 13.7. The summed E-state index contributed by atoms with van der Waals surface area (Å²) in [4.78, 5) is 33.8. The lowest BCUT2D eigenvalue weighted by Gasteiger charge is -2.12. The molecule has 29 heavy (non-hydrogen) atoms. The molecule has 0 saturated heterocycles. The zero-order chi connectivity index (χ0) is 20.0. The molecule has 2 N–H and O–H groups in total. The Labute approximate surface area is 165 Å². The number of methoxy groups -OCH3 is 1. The monoisotopic (exact) mass is 389 g/mol. The van der Waals surface area contributed by atoms with E-state index >= 15 is 0 Å².